The van der Waals surface area contributed by atoms with Gasteiger partial charge in [0.1, 0.15) is 11.9 Å². The summed E-state index contributed by atoms with van der Waals surface area (Å²) in [5.41, 5.74) is 0.819. The summed E-state index contributed by atoms with van der Waals surface area (Å²) >= 11 is 0. The summed E-state index contributed by atoms with van der Waals surface area (Å²) in [4.78, 5) is 13.5. The van der Waals surface area contributed by atoms with Crippen LogP contribution in [-0.2, 0) is 19.6 Å². The van der Waals surface area contributed by atoms with Crippen LogP contribution >= 0.6 is 0 Å². The lowest BCUT2D eigenvalue weighted by Crippen LogP contribution is -2.42. The molecule has 2 fully saturated rings. The third-order valence-electron chi connectivity index (χ3n) is 6.40. The molecule has 4 atom stereocenters. The van der Waals surface area contributed by atoms with Crippen molar-refractivity contribution in [1.82, 2.24) is 4.72 Å². The second-order valence-electron chi connectivity index (χ2n) is 8.54. The monoisotopic (exact) mass is 431 g/mol. The second kappa shape index (κ2) is 7.87. The van der Waals surface area contributed by atoms with Crippen LogP contribution in [0.2, 0.25) is 0 Å². The van der Waals surface area contributed by atoms with Crippen molar-refractivity contribution in [3.8, 4) is 0 Å². The highest BCUT2D eigenvalue weighted by molar-refractivity contribution is 7.89. The van der Waals surface area contributed by atoms with E-state index in [0.29, 0.717) is 5.56 Å². The Morgan fingerprint density at radius 2 is 1.77 bits per heavy atom. The van der Waals surface area contributed by atoms with Crippen molar-refractivity contribution in [2.24, 2.45) is 5.41 Å². The molecule has 0 amide bonds. The molecule has 7 heteroatoms. The fourth-order valence-corrected chi connectivity index (χ4v) is 5.75. The zero-order chi connectivity index (χ0) is 21.5. The van der Waals surface area contributed by atoms with Gasteiger partial charge in [-0.1, -0.05) is 49.6 Å². The molecular formula is C23H26FNO4S. The number of nitrogens with one attached hydrogen (secondary N) is 1. The van der Waals surface area contributed by atoms with Crippen molar-refractivity contribution >= 4 is 15.8 Å². The molecule has 1 aliphatic heterocycles. The third-order valence-corrected chi connectivity index (χ3v) is 7.86. The highest BCUT2D eigenvalue weighted by atomic mass is 32.2. The maximum absolute atomic E-state index is 13.5. The number of fused-ring (bicyclic) bond motifs is 1. The fourth-order valence-electron chi connectivity index (χ4n) is 4.52. The van der Waals surface area contributed by atoms with Crippen LogP contribution in [0.3, 0.4) is 0 Å². The lowest BCUT2D eigenvalue weighted by molar-refractivity contribution is -0.128. The summed E-state index contributed by atoms with van der Waals surface area (Å²) in [6.07, 6.45) is 2.26. The number of halogens is 1. The SMILES string of the molecule is Cc1ccc(S(=O)(=O)NC(c2ccc(F)cc2)[C@@H]2OC3CCCC[C@@]3(C)C2=O)cc1. The molecule has 2 unspecified atom stereocenters. The molecule has 1 N–H and O–H groups in total. The number of Topliss-reactive ketones (excluding diaryl/α,β-unsaturated/α-hetero) is 1. The maximum Gasteiger partial charge on any atom is 0.241 e. The van der Waals surface area contributed by atoms with Crippen molar-refractivity contribution in [3.05, 3.63) is 65.5 Å². The summed E-state index contributed by atoms with van der Waals surface area (Å²) < 4.78 is 48.5. The fraction of sp³-hybridized carbons (Fsp3) is 0.435. The molecular weight excluding hydrogens is 405 g/mol. The first-order valence-electron chi connectivity index (χ1n) is 10.2. The summed E-state index contributed by atoms with van der Waals surface area (Å²) in [6.45, 7) is 3.79. The summed E-state index contributed by atoms with van der Waals surface area (Å²) in [6, 6.07) is 11.1. The lowest BCUT2D eigenvalue weighted by atomic mass is 9.71. The smallest absolute Gasteiger partial charge is 0.241 e. The molecule has 5 nitrogen and oxygen atoms in total. The number of ketones is 1. The number of hydrogen-bond acceptors (Lipinski definition) is 4. The van der Waals surface area contributed by atoms with Crippen molar-refractivity contribution in [2.45, 2.75) is 62.7 Å². The van der Waals surface area contributed by atoms with Gasteiger partial charge in [-0.05, 0) is 49.6 Å². The van der Waals surface area contributed by atoms with Crippen LogP contribution in [0.15, 0.2) is 53.4 Å². The van der Waals surface area contributed by atoms with Crippen molar-refractivity contribution in [2.75, 3.05) is 0 Å². The number of carbonyl (C=O) groups excluding carboxylic acids is 1. The van der Waals surface area contributed by atoms with Gasteiger partial charge in [0.05, 0.1) is 22.5 Å². The van der Waals surface area contributed by atoms with E-state index in [1.807, 2.05) is 13.8 Å². The Balaban J connectivity index is 1.71. The predicted octanol–water partition coefficient (Wildman–Crippen LogP) is 4.07. The molecule has 1 aliphatic carbocycles. The van der Waals surface area contributed by atoms with Gasteiger partial charge in [-0.25, -0.2) is 17.5 Å². The first kappa shape index (κ1) is 21.2. The largest absolute Gasteiger partial charge is 0.364 e. The molecule has 2 aromatic carbocycles. The number of hydrogen-bond donors (Lipinski definition) is 1. The van der Waals surface area contributed by atoms with Crippen LogP contribution in [0.5, 0.6) is 0 Å². The standard InChI is InChI=1S/C23H26FNO4S/c1-15-6-12-18(13-7-15)30(27,28)25-20(16-8-10-17(24)11-9-16)21-22(26)23(2)14-4-3-5-19(23)29-21/h6-13,19-21,25H,3-5,14H2,1-2H3/t19?,20?,21-,23+/m0/s1. The Labute approximate surface area is 176 Å². The van der Waals surface area contributed by atoms with Gasteiger partial charge in [0.2, 0.25) is 10.0 Å². The van der Waals surface area contributed by atoms with E-state index in [4.69, 9.17) is 4.74 Å². The summed E-state index contributed by atoms with van der Waals surface area (Å²) in [7, 11) is -3.92. The van der Waals surface area contributed by atoms with Crippen LogP contribution in [0.4, 0.5) is 4.39 Å². The van der Waals surface area contributed by atoms with E-state index in [9.17, 15) is 17.6 Å². The molecule has 160 valence electrons. The molecule has 1 saturated heterocycles. The Hall–Kier alpha value is -2.09. The van der Waals surface area contributed by atoms with Crippen molar-refractivity contribution < 1.29 is 22.3 Å². The van der Waals surface area contributed by atoms with Gasteiger partial charge in [0, 0.05) is 0 Å². The van der Waals surface area contributed by atoms with Crippen LogP contribution in [-0.4, -0.2) is 26.4 Å². The van der Waals surface area contributed by atoms with Gasteiger partial charge in [-0.3, -0.25) is 4.79 Å². The topological polar surface area (TPSA) is 72.5 Å². The number of ether oxygens (including phenoxy) is 1. The minimum Gasteiger partial charge on any atom is -0.364 e. The highest BCUT2D eigenvalue weighted by Gasteiger charge is 2.56. The zero-order valence-electron chi connectivity index (χ0n) is 17.1. The molecule has 1 heterocycles. The normalized spacial score (nSPS) is 27.6. The molecule has 2 aromatic rings. The number of benzene rings is 2. The molecule has 0 spiro atoms. The van der Waals surface area contributed by atoms with Crippen LogP contribution in [0.1, 0.15) is 49.8 Å². The molecule has 1 saturated carbocycles. The van der Waals surface area contributed by atoms with Gasteiger partial charge in [-0.2, -0.15) is 0 Å². The second-order valence-corrected chi connectivity index (χ2v) is 10.3. The lowest BCUT2D eigenvalue weighted by Gasteiger charge is -2.32. The average molecular weight is 432 g/mol. The van der Waals surface area contributed by atoms with E-state index in [2.05, 4.69) is 4.72 Å². The van der Waals surface area contributed by atoms with E-state index in [1.165, 1.54) is 36.4 Å². The average Bonchev–Trinajstić information content (AvgIpc) is 2.98. The molecule has 30 heavy (non-hydrogen) atoms. The maximum atomic E-state index is 13.5. The van der Waals surface area contributed by atoms with Crippen molar-refractivity contribution in [1.29, 1.82) is 0 Å². The van der Waals surface area contributed by atoms with Gasteiger partial charge < -0.3 is 4.74 Å². The van der Waals surface area contributed by atoms with Gasteiger partial charge >= 0.3 is 0 Å². The van der Waals surface area contributed by atoms with Crippen molar-refractivity contribution in [3.63, 3.8) is 0 Å². The zero-order valence-corrected chi connectivity index (χ0v) is 17.9. The third kappa shape index (κ3) is 3.82. The Morgan fingerprint density at radius 3 is 2.40 bits per heavy atom. The number of rotatable bonds is 5. The number of aryl methyl sites for hydroxylation is 1. The van der Waals surface area contributed by atoms with Gasteiger partial charge in [0.15, 0.2) is 5.78 Å². The van der Waals surface area contributed by atoms with Crippen LogP contribution in [0.25, 0.3) is 0 Å². The van der Waals surface area contributed by atoms with E-state index in [-0.39, 0.29) is 16.8 Å². The minimum absolute atomic E-state index is 0.0897. The van der Waals surface area contributed by atoms with E-state index >= 15 is 0 Å². The van der Waals surface area contributed by atoms with Crippen LogP contribution < -0.4 is 4.72 Å². The molecule has 0 bridgehead atoms. The van der Waals surface area contributed by atoms with Gasteiger partial charge in [0.25, 0.3) is 0 Å². The first-order chi connectivity index (χ1) is 14.2. The molecule has 0 radical (unpaired) electrons. The van der Waals surface area contributed by atoms with Gasteiger partial charge in [-0.15, -0.1) is 0 Å². The Bertz CT molecular complexity index is 1040. The molecule has 4 rings (SSSR count). The molecule has 2 aliphatic rings. The van der Waals surface area contributed by atoms with E-state index < -0.39 is 33.4 Å². The minimum atomic E-state index is -3.92. The van der Waals surface area contributed by atoms with Crippen LogP contribution in [0, 0.1) is 18.2 Å². The number of carbonyl (C=O) groups is 1. The highest BCUT2D eigenvalue weighted by Crippen LogP contribution is 2.47. The quantitative estimate of drug-likeness (QED) is 0.775. The predicted molar refractivity (Wildman–Crippen MR) is 111 cm³/mol. The van der Waals surface area contributed by atoms with E-state index in [1.54, 1.807) is 12.1 Å². The first-order valence-corrected chi connectivity index (χ1v) is 11.7. The molecule has 0 aromatic heterocycles. The Morgan fingerprint density at radius 1 is 1.10 bits per heavy atom. The van der Waals surface area contributed by atoms with E-state index in [0.717, 1.165) is 31.2 Å². The number of sulfonamides is 1. The Kier molecular flexibility index (Phi) is 5.55. The summed E-state index contributed by atoms with van der Waals surface area (Å²) in [5.74, 6) is -0.522. The summed E-state index contributed by atoms with van der Waals surface area (Å²) in [5, 5.41) is 0.